The average Bonchev–Trinajstić information content (AvgIpc) is 2.90. The molecule has 0 saturated heterocycles. The number of fused-ring (bicyclic) bond motifs is 1. The summed E-state index contributed by atoms with van der Waals surface area (Å²) in [5.41, 5.74) is 3.06. The highest BCUT2D eigenvalue weighted by atomic mass is 16.2. The van der Waals surface area contributed by atoms with Gasteiger partial charge in [-0.3, -0.25) is 9.78 Å². The minimum atomic E-state index is -0.192. The maximum absolute atomic E-state index is 12.4. The molecule has 1 atom stereocenters. The highest BCUT2D eigenvalue weighted by Gasteiger charge is 2.29. The Bertz CT molecular complexity index is 572. The number of carbonyl (C=O) groups is 1. The van der Waals surface area contributed by atoms with E-state index in [1.54, 1.807) is 24.3 Å². The van der Waals surface area contributed by atoms with Crippen LogP contribution in [0.15, 0.2) is 48.8 Å². The number of hydrogen-bond donors (Lipinski definition) is 1. The number of pyridine rings is 1. The number of para-hydroxylation sites is 1. The Labute approximate surface area is 112 Å². The van der Waals surface area contributed by atoms with Crippen LogP contribution in [0.25, 0.3) is 0 Å². The summed E-state index contributed by atoms with van der Waals surface area (Å²) in [6, 6.07) is 11.6. The van der Waals surface area contributed by atoms with Crippen LogP contribution < -0.4 is 10.2 Å². The van der Waals surface area contributed by atoms with E-state index in [4.69, 9.17) is 0 Å². The van der Waals surface area contributed by atoms with Crippen LogP contribution in [0.3, 0.4) is 0 Å². The standard InChI is InChI=1S/C15H15N3O/c1-18(12-6-4-8-16-10-12)15(19)14-9-11-5-2-3-7-13(11)17-14/h2-8,10,14,17H,9H2,1H3/t14-/m0/s1. The number of carbonyl (C=O) groups excluding carboxylic acids is 1. The molecule has 3 rings (SSSR count). The van der Waals surface area contributed by atoms with E-state index in [0.717, 1.165) is 17.8 Å². The zero-order chi connectivity index (χ0) is 13.2. The van der Waals surface area contributed by atoms with E-state index in [9.17, 15) is 4.79 Å². The first-order valence-corrected chi connectivity index (χ1v) is 6.28. The van der Waals surface area contributed by atoms with Gasteiger partial charge >= 0.3 is 0 Å². The second kappa shape index (κ2) is 4.72. The second-order valence-electron chi connectivity index (χ2n) is 4.67. The van der Waals surface area contributed by atoms with E-state index in [1.807, 2.05) is 30.3 Å². The molecule has 1 aromatic carbocycles. The molecule has 0 unspecified atom stereocenters. The Hall–Kier alpha value is -2.36. The number of benzene rings is 1. The van der Waals surface area contributed by atoms with Crippen molar-refractivity contribution in [3.8, 4) is 0 Å². The summed E-state index contributed by atoms with van der Waals surface area (Å²) in [7, 11) is 1.78. The molecular formula is C15H15N3O. The van der Waals surface area contributed by atoms with Crippen LogP contribution in [-0.4, -0.2) is 24.0 Å². The molecule has 0 aliphatic carbocycles. The summed E-state index contributed by atoms with van der Waals surface area (Å²) in [4.78, 5) is 18.1. The van der Waals surface area contributed by atoms with E-state index in [1.165, 1.54) is 5.56 Å². The van der Waals surface area contributed by atoms with Crippen LogP contribution in [0.2, 0.25) is 0 Å². The maximum Gasteiger partial charge on any atom is 0.249 e. The molecule has 1 N–H and O–H groups in total. The molecule has 2 heterocycles. The van der Waals surface area contributed by atoms with Gasteiger partial charge in [0.2, 0.25) is 5.91 Å². The largest absolute Gasteiger partial charge is 0.373 e. The third-order valence-corrected chi connectivity index (χ3v) is 3.43. The van der Waals surface area contributed by atoms with Crippen LogP contribution >= 0.6 is 0 Å². The van der Waals surface area contributed by atoms with Crippen LogP contribution in [0.4, 0.5) is 11.4 Å². The molecule has 0 bridgehead atoms. The van der Waals surface area contributed by atoms with Crippen molar-refractivity contribution in [3.05, 3.63) is 54.4 Å². The molecule has 1 aliphatic rings. The van der Waals surface area contributed by atoms with Gasteiger partial charge in [0.25, 0.3) is 0 Å². The van der Waals surface area contributed by atoms with Gasteiger partial charge in [0.15, 0.2) is 0 Å². The number of aromatic nitrogens is 1. The van der Waals surface area contributed by atoms with Crippen molar-refractivity contribution in [3.63, 3.8) is 0 Å². The molecule has 0 radical (unpaired) electrons. The van der Waals surface area contributed by atoms with Crippen LogP contribution in [0.1, 0.15) is 5.56 Å². The fraction of sp³-hybridized carbons (Fsp3) is 0.200. The summed E-state index contributed by atoms with van der Waals surface area (Å²) < 4.78 is 0. The highest BCUT2D eigenvalue weighted by Crippen LogP contribution is 2.26. The first-order valence-electron chi connectivity index (χ1n) is 6.28. The van der Waals surface area contributed by atoms with Crippen molar-refractivity contribution in [2.24, 2.45) is 0 Å². The average molecular weight is 253 g/mol. The monoisotopic (exact) mass is 253 g/mol. The third-order valence-electron chi connectivity index (χ3n) is 3.43. The smallest absolute Gasteiger partial charge is 0.249 e. The lowest BCUT2D eigenvalue weighted by Gasteiger charge is -2.21. The zero-order valence-electron chi connectivity index (χ0n) is 10.7. The Balaban J connectivity index is 1.77. The number of hydrogen-bond acceptors (Lipinski definition) is 3. The van der Waals surface area contributed by atoms with Gasteiger partial charge in [0.1, 0.15) is 6.04 Å². The molecule has 0 fully saturated rings. The lowest BCUT2D eigenvalue weighted by Crippen LogP contribution is -2.39. The van der Waals surface area contributed by atoms with E-state index in [-0.39, 0.29) is 11.9 Å². The predicted octanol–water partition coefficient (Wildman–Crippen LogP) is 2.08. The fourth-order valence-electron chi connectivity index (χ4n) is 2.36. The fourth-order valence-corrected chi connectivity index (χ4v) is 2.36. The van der Waals surface area contributed by atoms with Gasteiger partial charge in [-0.05, 0) is 23.8 Å². The van der Waals surface area contributed by atoms with Gasteiger partial charge < -0.3 is 10.2 Å². The second-order valence-corrected chi connectivity index (χ2v) is 4.67. The van der Waals surface area contributed by atoms with Crippen molar-refractivity contribution >= 4 is 17.3 Å². The summed E-state index contributed by atoms with van der Waals surface area (Å²) in [5, 5.41) is 3.27. The van der Waals surface area contributed by atoms with Gasteiger partial charge in [-0.1, -0.05) is 18.2 Å². The number of nitrogens with zero attached hydrogens (tertiary/aromatic N) is 2. The Morgan fingerprint density at radius 1 is 1.32 bits per heavy atom. The quantitative estimate of drug-likeness (QED) is 0.891. The molecule has 4 heteroatoms. The first kappa shape index (κ1) is 11.7. The number of rotatable bonds is 2. The number of amides is 1. The van der Waals surface area contributed by atoms with Crippen molar-refractivity contribution in [1.82, 2.24) is 4.98 Å². The molecule has 96 valence electrons. The third kappa shape index (κ3) is 2.17. The van der Waals surface area contributed by atoms with E-state index >= 15 is 0 Å². The summed E-state index contributed by atoms with van der Waals surface area (Å²) in [5.74, 6) is 0.0594. The van der Waals surface area contributed by atoms with E-state index in [2.05, 4.69) is 16.4 Å². The Kier molecular flexibility index (Phi) is 2.91. The molecule has 2 aromatic rings. The normalized spacial score (nSPS) is 16.6. The minimum absolute atomic E-state index is 0.0594. The Morgan fingerprint density at radius 2 is 2.16 bits per heavy atom. The summed E-state index contributed by atoms with van der Waals surface area (Å²) in [6.07, 6.45) is 4.13. The van der Waals surface area contributed by atoms with Crippen molar-refractivity contribution < 1.29 is 4.79 Å². The van der Waals surface area contributed by atoms with Crippen molar-refractivity contribution in [2.45, 2.75) is 12.5 Å². The number of likely N-dealkylation sites (N-methyl/N-ethyl adjacent to an activating group) is 1. The maximum atomic E-state index is 12.4. The predicted molar refractivity (Wildman–Crippen MR) is 75.2 cm³/mol. The van der Waals surface area contributed by atoms with Crippen molar-refractivity contribution in [2.75, 3.05) is 17.3 Å². The zero-order valence-corrected chi connectivity index (χ0v) is 10.7. The van der Waals surface area contributed by atoms with E-state index < -0.39 is 0 Å². The SMILES string of the molecule is CN(C(=O)[C@@H]1Cc2ccccc2N1)c1cccnc1. The van der Waals surface area contributed by atoms with E-state index in [0.29, 0.717) is 0 Å². The molecular weight excluding hydrogens is 238 g/mol. The molecule has 1 aliphatic heterocycles. The topological polar surface area (TPSA) is 45.2 Å². The van der Waals surface area contributed by atoms with Gasteiger partial charge in [-0.2, -0.15) is 0 Å². The molecule has 19 heavy (non-hydrogen) atoms. The van der Waals surface area contributed by atoms with Crippen LogP contribution in [0, 0.1) is 0 Å². The molecule has 1 amide bonds. The lowest BCUT2D eigenvalue weighted by atomic mass is 10.1. The molecule has 0 spiro atoms. The van der Waals surface area contributed by atoms with Gasteiger partial charge in [-0.15, -0.1) is 0 Å². The first-order chi connectivity index (χ1) is 9.25. The summed E-state index contributed by atoms with van der Waals surface area (Å²) in [6.45, 7) is 0. The number of nitrogens with one attached hydrogen (secondary N) is 1. The van der Waals surface area contributed by atoms with Gasteiger partial charge in [-0.25, -0.2) is 0 Å². The Morgan fingerprint density at radius 3 is 2.89 bits per heavy atom. The molecule has 0 saturated carbocycles. The van der Waals surface area contributed by atoms with Gasteiger partial charge in [0, 0.05) is 25.4 Å². The van der Waals surface area contributed by atoms with Crippen LogP contribution in [-0.2, 0) is 11.2 Å². The van der Waals surface area contributed by atoms with Crippen LogP contribution in [0.5, 0.6) is 0 Å². The molecule has 4 nitrogen and oxygen atoms in total. The minimum Gasteiger partial charge on any atom is -0.373 e. The molecule has 1 aromatic heterocycles. The van der Waals surface area contributed by atoms with Gasteiger partial charge in [0.05, 0.1) is 11.9 Å². The van der Waals surface area contributed by atoms with Crippen molar-refractivity contribution in [1.29, 1.82) is 0 Å². The number of anilines is 2. The lowest BCUT2D eigenvalue weighted by molar-refractivity contribution is -0.118. The summed E-state index contributed by atoms with van der Waals surface area (Å²) >= 11 is 0. The highest BCUT2D eigenvalue weighted by molar-refractivity contribution is 5.99.